The first kappa shape index (κ1) is 15.9. The van der Waals surface area contributed by atoms with Gasteiger partial charge >= 0.3 is 11.7 Å². The molecule has 0 aliphatic heterocycles. The number of aliphatic carboxylic acids is 1. The Morgan fingerprint density at radius 1 is 1.50 bits per heavy atom. The molecule has 20 heavy (non-hydrogen) atoms. The summed E-state index contributed by atoms with van der Waals surface area (Å²) in [5, 5.41) is 29.4. The highest BCUT2D eigenvalue weighted by molar-refractivity contribution is 5.66. The molecule has 0 aliphatic rings. The van der Waals surface area contributed by atoms with Crippen molar-refractivity contribution < 1.29 is 24.7 Å². The van der Waals surface area contributed by atoms with E-state index < -0.39 is 17.0 Å². The van der Waals surface area contributed by atoms with Crippen LogP contribution >= 0.6 is 0 Å². The van der Waals surface area contributed by atoms with Crippen LogP contribution in [0.4, 0.5) is 5.69 Å². The van der Waals surface area contributed by atoms with Crippen LogP contribution in [0.3, 0.4) is 0 Å². The van der Waals surface area contributed by atoms with Crippen LogP contribution in [0.15, 0.2) is 18.2 Å². The van der Waals surface area contributed by atoms with Gasteiger partial charge < -0.3 is 14.9 Å². The molecule has 1 unspecified atom stereocenters. The number of nitrogens with zero attached hydrogens (tertiary/aromatic N) is 1. The first-order valence-electron chi connectivity index (χ1n) is 6.26. The molecule has 0 spiro atoms. The Hall–Kier alpha value is -2.15. The zero-order valence-corrected chi connectivity index (χ0v) is 11.1. The number of nitro groups is 1. The van der Waals surface area contributed by atoms with Gasteiger partial charge in [0.15, 0.2) is 5.75 Å². The van der Waals surface area contributed by atoms with E-state index >= 15 is 0 Å². The summed E-state index contributed by atoms with van der Waals surface area (Å²) in [6, 6.07) is 4.25. The Balaban J connectivity index is 2.82. The van der Waals surface area contributed by atoms with E-state index in [2.05, 4.69) is 0 Å². The third-order valence-electron chi connectivity index (χ3n) is 2.73. The van der Waals surface area contributed by atoms with E-state index in [4.69, 9.17) is 9.84 Å². The fraction of sp³-hybridized carbons (Fsp3) is 0.462. The van der Waals surface area contributed by atoms with Crippen molar-refractivity contribution in [2.75, 3.05) is 6.61 Å². The molecular weight excluding hydrogens is 266 g/mol. The van der Waals surface area contributed by atoms with Crippen LogP contribution in [0.1, 0.15) is 37.9 Å². The lowest BCUT2D eigenvalue weighted by atomic mass is 10.0. The summed E-state index contributed by atoms with van der Waals surface area (Å²) >= 11 is 0. The third-order valence-corrected chi connectivity index (χ3v) is 2.73. The van der Waals surface area contributed by atoms with E-state index in [-0.39, 0.29) is 24.3 Å². The number of benzene rings is 1. The van der Waals surface area contributed by atoms with Gasteiger partial charge in [-0.2, -0.15) is 0 Å². The van der Waals surface area contributed by atoms with Gasteiger partial charge in [-0.15, -0.1) is 0 Å². The summed E-state index contributed by atoms with van der Waals surface area (Å²) in [7, 11) is 0. The summed E-state index contributed by atoms with van der Waals surface area (Å²) in [5.74, 6) is -0.783. The molecule has 0 fully saturated rings. The van der Waals surface area contributed by atoms with Gasteiger partial charge in [-0.1, -0.05) is 6.07 Å². The molecular formula is C13H17NO6. The molecule has 0 saturated heterocycles. The molecule has 0 aromatic heterocycles. The minimum absolute atomic E-state index is 0.0455. The average Bonchev–Trinajstić information content (AvgIpc) is 2.38. The highest BCUT2D eigenvalue weighted by atomic mass is 16.6. The number of rotatable bonds is 8. The lowest BCUT2D eigenvalue weighted by Crippen LogP contribution is -2.03. The van der Waals surface area contributed by atoms with Crippen molar-refractivity contribution in [3.63, 3.8) is 0 Å². The summed E-state index contributed by atoms with van der Waals surface area (Å²) in [6.07, 6.45) is -0.436. The van der Waals surface area contributed by atoms with Crippen molar-refractivity contribution in [2.45, 2.75) is 32.3 Å². The maximum Gasteiger partial charge on any atom is 0.311 e. The van der Waals surface area contributed by atoms with E-state index in [1.54, 1.807) is 13.0 Å². The fourth-order valence-corrected chi connectivity index (χ4v) is 1.78. The van der Waals surface area contributed by atoms with Crippen molar-refractivity contribution in [2.24, 2.45) is 0 Å². The minimum Gasteiger partial charge on any atom is -0.487 e. The fourth-order valence-electron chi connectivity index (χ4n) is 1.78. The largest absolute Gasteiger partial charge is 0.487 e. The van der Waals surface area contributed by atoms with E-state index in [0.717, 1.165) is 0 Å². The Bertz CT molecular complexity index is 488. The molecule has 0 radical (unpaired) electrons. The molecule has 1 atom stereocenters. The van der Waals surface area contributed by atoms with Gasteiger partial charge in [0.2, 0.25) is 0 Å². The molecule has 1 rings (SSSR count). The number of hydrogen-bond donors (Lipinski definition) is 2. The van der Waals surface area contributed by atoms with E-state index in [1.807, 2.05) is 0 Å². The highest BCUT2D eigenvalue weighted by Crippen LogP contribution is 2.31. The van der Waals surface area contributed by atoms with Crippen LogP contribution < -0.4 is 4.74 Å². The summed E-state index contributed by atoms with van der Waals surface area (Å²) in [6.45, 7) is 2.03. The van der Waals surface area contributed by atoms with E-state index in [0.29, 0.717) is 18.6 Å². The van der Waals surface area contributed by atoms with E-state index in [9.17, 15) is 20.0 Å². The van der Waals surface area contributed by atoms with Gasteiger partial charge in [-0.25, -0.2) is 0 Å². The summed E-state index contributed by atoms with van der Waals surface area (Å²) in [4.78, 5) is 20.8. The predicted octanol–water partition coefficient (Wildman–Crippen LogP) is 2.28. The molecule has 1 aromatic carbocycles. The average molecular weight is 283 g/mol. The van der Waals surface area contributed by atoms with Crippen LogP contribution in [0.2, 0.25) is 0 Å². The second-order valence-corrected chi connectivity index (χ2v) is 4.22. The number of carbonyl (C=O) groups is 1. The van der Waals surface area contributed by atoms with Gasteiger partial charge in [0.05, 0.1) is 17.6 Å². The topological polar surface area (TPSA) is 110 Å². The molecule has 1 aromatic rings. The normalized spacial score (nSPS) is 11.9. The van der Waals surface area contributed by atoms with Crippen molar-refractivity contribution in [3.05, 3.63) is 33.9 Å². The lowest BCUT2D eigenvalue weighted by Gasteiger charge is -2.11. The number of aliphatic hydroxyl groups is 1. The van der Waals surface area contributed by atoms with Crippen molar-refractivity contribution in [1.82, 2.24) is 0 Å². The van der Waals surface area contributed by atoms with Crippen molar-refractivity contribution in [1.29, 1.82) is 0 Å². The first-order valence-corrected chi connectivity index (χ1v) is 6.26. The van der Waals surface area contributed by atoms with Crippen LogP contribution in [-0.4, -0.2) is 27.7 Å². The van der Waals surface area contributed by atoms with Crippen LogP contribution in [-0.2, 0) is 4.79 Å². The predicted molar refractivity (Wildman–Crippen MR) is 70.7 cm³/mol. The molecule has 2 N–H and O–H groups in total. The number of carboxylic acids is 1. The SMILES string of the molecule is CCOc1ccc(C(O)CCCC(=O)O)cc1[N+](=O)[O-]. The van der Waals surface area contributed by atoms with E-state index in [1.165, 1.54) is 12.1 Å². The van der Waals surface area contributed by atoms with Crippen LogP contribution in [0.5, 0.6) is 5.75 Å². The molecule has 0 bridgehead atoms. The van der Waals surface area contributed by atoms with Gasteiger partial charge in [0.1, 0.15) is 0 Å². The van der Waals surface area contributed by atoms with Gasteiger partial charge in [0, 0.05) is 12.5 Å². The van der Waals surface area contributed by atoms with Crippen molar-refractivity contribution in [3.8, 4) is 5.75 Å². The molecule has 0 aliphatic carbocycles. The maximum atomic E-state index is 10.9. The molecule has 0 heterocycles. The summed E-state index contributed by atoms with van der Waals surface area (Å²) < 4.78 is 5.14. The lowest BCUT2D eigenvalue weighted by molar-refractivity contribution is -0.386. The van der Waals surface area contributed by atoms with Crippen LogP contribution in [0, 0.1) is 10.1 Å². The molecule has 110 valence electrons. The summed E-state index contributed by atoms with van der Waals surface area (Å²) in [5.41, 5.74) is 0.173. The second kappa shape index (κ2) is 7.44. The Labute approximate surface area is 116 Å². The smallest absolute Gasteiger partial charge is 0.311 e. The molecule has 0 saturated carbocycles. The molecule has 0 amide bonds. The van der Waals surface area contributed by atoms with Crippen molar-refractivity contribution >= 4 is 11.7 Å². The van der Waals surface area contributed by atoms with Crippen LogP contribution in [0.25, 0.3) is 0 Å². The number of ether oxygens (including phenoxy) is 1. The quantitative estimate of drug-likeness (QED) is 0.559. The Morgan fingerprint density at radius 3 is 2.75 bits per heavy atom. The zero-order chi connectivity index (χ0) is 15.1. The number of carboxylic acid groups (broad SMARTS) is 1. The Morgan fingerprint density at radius 2 is 2.20 bits per heavy atom. The second-order valence-electron chi connectivity index (χ2n) is 4.22. The Kier molecular flexibility index (Phi) is 5.92. The highest BCUT2D eigenvalue weighted by Gasteiger charge is 2.18. The number of aliphatic hydroxyl groups excluding tert-OH is 1. The molecule has 7 nitrogen and oxygen atoms in total. The first-order chi connectivity index (χ1) is 9.45. The zero-order valence-electron chi connectivity index (χ0n) is 11.1. The number of hydrogen-bond acceptors (Lipinski definition) is 5. The number of nitro benzene ring substituents is 1. The van der Waals surface area contributed by atoms with Gasteiger partial charge in [-0.3, -0.25) is 14.9 Å². The monoisotopic (exact) mass is 283 g/mol. The molecule has 7 heteroatoms. The minimum atomic E-state index is -0.935. The van der Waals surface area contributed by atoms with Gasteiger partial charge in [-0.05, 0) is 31.4 Å². The van der Waals surface area contributed by atoms with Gasteiger partial charge in [0.25, 0.3) is 0 Å². The third kappa shape index (κ3) is 4.51. The maximum absolute atomic E-state index is 10.9. The standard InChI is InChI=1S/C13H17NO6/c1-2-20-12-7-6-9(8-10(12)14(18)19)11(15)4-3-5-13(16)17/h6-8,11,15H,2-5H2,1H3,(H,16,17).